The van der Waals surface area contributed by atoms with Crippen LogP contribution in [0.25, 0.3) is 0 Å². The van der Waals surface area contributed by atoms with Crippen molar-refractivity contribution in [2.24, 2.45) is 11.5 Å². The summed E-state index contributed by atoms with van der Waals surface area (Å²) in [5.74, 6) is -3.54. The number of nitrogen functional groups attached to an aromatic ring is 2. The average molecular weight is 488 g/mol. The maximum atomic E-state index is 11.9. The van der Waals surface area contributed by atoms with Gasteiger partial charge in [-0.1, -0.05) is 24.3 Å². The summed E-state index contributed by atoms with van der Waals surface area (Å²) in [6.45, 7) is -2.21. The minimum Gasteiger partial charge on any atom is -0.453 e. The van der Waals surface area contributed by atoms with Gasteiger partial charge < -0.3 is 41.9 Å². The highest BCUT2D eigenvalue weighted by Gasteiger charge is 2.19. The van der Waals surface area contributed by atoms with Gasteiger partial charge in [-0.15, -0.1) is 0 Å². The average Bonchev–Trinajstić information content (AvgIpc) is 2.83. The molecule has 0 bridgehead atoms. The van der Waals surface area contributed by atoms with Crippen molar-refractivity contribution in [1.29, 1.82) is 0 Å². The molecule has 0 aliphatic rings. The fourth-order valence-electron chi connectivity index (χ4n) is 2.70. The van der Waals surface area contributed by atoms with Crippen LogP contribution in [-0.4, -0.2) is 56.0 Å². The van der Waals surface area contributed by atoms with E-state index >= 15 is 0 Å². The van der Waals surface area contributed by atoms with Crippen LogP contribution < -0.4 is 22.9 Å². The van der Waals surface area contributed by atoms with Gasteiger partial charge in [-0.3, -0.25) is 9.59 Å². The van der Waals surface area contributed by atoms with Crippen molar-refractivity contribution in [2.75, 3.05) is 31.5 Å². The van der Waals surface area contributed by atoms with Gasteiger partial charge in [0, 0.05) is 11.4 Å². The third-order valence-electron chi connectivity index (χ3n) is 4.58. The second kappa shape index (κ2) is 13.5. The molecule has 0 spiro atoms. The number of ether oxygens (including phenoxy) is 4. The van der Waals surface area contributed by atoms with Gasteiger partial charge in [-0.2, -0.15) is 0 Å². The highest BCUT2D eigenvalue weighted by Crippen LogP contribution is 2.09. The molecule has 0 saturated heterocycles. The largest absolute Gasteiger partial charge is 0.453 e. The molecule has 0 fully saturated rings. The maximum Gasteiger partial charge on any atom is 0.347 e. The van der Waals surface area contributed by atoms with Gasteiger partial charge in [0.25, 0.3) is 0 Å². The molecular formula is C23H28N4O8. The summed E-state index contributed by atoms with van der Waals surface area (Å²) in [6.07, 6.45) is 0.377. The van der Waals surface area contributed by atoms with Crippen LogP contribution in [-0.2, 0) is 51.0 Å². The predicted octanol–water partition coefficient (Wildman–Crippen LogP) is -0.579. The quantitative estimate of drug-likeness (QED) is 0.128. The molecule has 2 aromatic rings. The number of rotatable bonds is 12. The molecule has 2 aromatic carbocycles. The molecule has 0 radical (unpaired) electrons. The van der Waals surface area contributed by atoms with E-state index in [1.54, 1.807) is 48.5 Å². The van der Waals surface area contributed by atoms with Crippen LogP contribution in [0.2, 0.25) is 0 Å². The molecule has 2 rings (SSSR count). The lowest BCUT2D eigenvalue weighted by molar-refractivity contribution is -0.177. The topological polar surface area (TPSA) is 209 Å². The standard InChI is InChI=1S/C23H28N4O8/c24-16-5-1-14(2-6-16)9-18(26)22(30)32-11-20(28)34-13-35-21(29)12-33-23(31)19(27)10-15-3-7-17(25)8-4-15/h1-8,18-19H,9-13,24-27H2. The van der Waals surface area contributed by atoms with Crippen molar-refractivity contribution in [3.05, 3.63) is 59.7 Å². The second-order valence-electron chi connectivity index (χ2n) is 7.47. The Bertz CT molecular complexity index is 930. The van der Waals surface area contributed by atoms with E-state index in [-0.39, 0.29) is 12.8 Å². The first-order valence-corrected chi connectivity index (χ1v) is 10.5. The Labute approximate surface area is 201 Å². The van der Waals surface area contributed by atoms with Gasteiger partial charge in [-0.25, -0.2) is 9.59 Å². The summed E-state index contributed by atoms with van der Waals surface area (Å²) < 4.78 is 18.8. The molecule has 0 heterocycles. The lowest BCUT2D eigenvalue weighted by Gasteiger charge is -2.12. The van der Waals surface area contributed by atoms with E-state index in [1.165, 1.54) is 0 Å². The Hall–Kier alpha value is -4.16. The maximum absolute atomic E-state index is 11.9. The van der Waals surface area contributed by atoms with Crippen molar-refractivity contribution in [3.63, 3.8) is 0 Å². The normalized spacial score (nSPS) is 12.2. The summed E-state index contributed by atoms with van der Waals surface area (Å²) in [4.78, 5) is 47.1. The molecule has 0 aromatic heterocycles. The molecule has 2 unspecified atom stereocenters. The van der Waals surface area contributed by atoms with Gasteiger partial charge in [-0.05, 0) is 48.2 Å². The molecule has 0 saturated carbocycles. The fraction of sp³-hybridized carbons (Fsp3) is 0.304. The first kappa shape index (κ1) is 27.1. The first-order valence-electron chi connectivity index (χ1n) is 10.5. The Morgan fingerprint density at radius 1 is 0.600 bits per heavy atom. The smallest absolute Gasteiger partial charge is 0.347 e. The summed E-state index contributed by atoms with van der Waals surface area (Å²) >= 11 is 0. The monoisotopic (exact) mass is 488 g/mol. The van der Waals surface area contributed by atoms with E-state index in [1.807, 2.05) is 0 Å². The van der Waals surface area contributed by atoms with Crippen LogP contribution in [0.4, 0.5) is 11.4 Å². The molecule has 0 aliphatic carbocycles. The molecule has 35 heavy (non-hydrogen) atoms. The SMILES string of the molecule is Nc1ccc(CC(N)C(=O)OCC(=O)OCOC(=O)COC(=O)C(N)Cc2ccc(N)cc2)cc1. The number of hydrogen-bond donors (Lipinski definition) is 4. The molecule has 12 heteroatoms. The summed E-state index contributed by atoms with van der Waals surface area (Å²) in [5.41, 5.74) is 25.4. The number of esters is 4. The van der Waals surface area contributed by atoms with Crippen molar-refractivity contribution in [2.45, 2.75) is 24.9 Å². The number of hydrogen-bond acceptors (Lipinski definition) is 12. The van der Waals surface area contributed by atoms with Crippen LogP contribution in [0.5, 0.6) is 0 Å². The van der Waals surface area contributed by atoms with Crippen LogP contribution in [0.3, 0.4) is 0 Å². The van der Waals surface area contributed by atoms with Gasteiger partial charge in [0.2, 0.25) is 6.79 Å². The van der Waals surface area contributed by atoms with E-state index in [9.17, 15) is 19.2 Å². The second-order valence-corrected chi connectivity index (χ2v) is 7.47. The number of carbonyl (C=O) groups is 4. The lowest BCUT2D eigenvalue weighted by atomic mass is 10.1. The Morgan fingerprint density at radius 3 is 1.29 bits per heavy atom. The summed E-state index contributed by atoms with van der Waals surface area (Å²) in [6, 6.07) is 11.6. The van der Waals surface area contributed by atoms with Crippen molar-refractivity contribution in [1.82, 2.24) is 0 Å². The highest BCUT2D eigenvalue weighted by atomic mass is 16.7. The van der Waals surface area contributed by atoms with Crippen molar-refractivity contribution in [3.8, 4) is 0 Å². The first-order chi connectivity index (χ1) is 16.6. The molecule has 0 aliphatic heterocycles. The zero-order chi connectivity index (χ0) is 25.8. The Balaban J connectivity index is 1.59. The van der Waals surface area contributed by atoms with Crippen molar-refractivity contribution < 1.29 is 38.1 Å². The zero-order valence-electron chi connectivity index (χ0n) is 18.9. The van der Waals surface area contributed by atoms with Crippen molar-refractivity contribution >= 4 is 35.3 Å². The minimum absolute atomic E-state index is 0.189. The number of benzene rings is 2. The van der Waals surface area contributed by atoms with E-state index in [2.05, 4.69) is 9.47 Å². The zero-order valence-corrected chi connectivity index (χ0v) is 18.9. The summed E-state index contributed by atoms with van der Waals surface area (Å²) in [7, 11) is 0. The van der Waals surface area contributed by atoms with Crippen LogP contribution in [0.15, 0.2) is 48.5 Å². The van der Waals surface area contributed by atoms with Crippen LogP contribution in [0.1, 0.15) is 11.1 Å². The van der Waals surface area contributed by atoms with Gasteiger partial charge >= 0.3 is 23.9 Å². The Morgan fingerprint density at radius 2 is 0.943 bits per heavy atom. The number of anilines is 2. The minimum atomic E-state index is -0.995. The van der Waals surface area contributed by atoms with E-state index in [4.69, 9.17) is 32.4 Å². The molecule has 0 amide bonds. The van der Waals surface area contributed by atoms with Crippen LogP contribution in [0, 0.1) is 0 Å². The third-order valence-corrected chi connectivity index (χ3v) is 4.58. The fourth-order valence-corrected chi connectivity index (χ4v) is 2.70. The highest BCUT2D eigenvalue weighted by molar-refractivity contribution is 5.81. The van der Waals surface area contributed by atoms with Gasteiger partial charge in [0.15, 0.2) is 13.2 Å². The number of nitrogens with two attached hydrogens (primary N) is 4. The molecule has 188 valence electrons. The van der Waals surface area contributed by atoms with E-state index in [0.29, 0.717) is 11.4 Å². The third kappa shape index (κ3) is 10.1. The van der Waals surface area contributed by atoms with E-state index < -0.39 is 56.0 Å². The van der Waals surface area contributed by atoms with E-state index in [0.717, 1.165) is 11.1 Å². The van der Waals surface area contributed by atoms with Gasteiger partial charge in [0.05, 0.1) is 0 Å². The molecular weight excluding hydrogens is 460 g/mol. The lowest BCUT2D eigenvalue weighted by Crippen LogP contribution is -2.36. The van der Waals surface area contributed by atoms with Crippen LogP contribution >= 0.6 is 0 Å². The Kier molecular flexibility index (Phi) is 10.5. The molecule has 12 nitrogen and oxygen atoms in total. The summed E-state index contributed by atoms with van der Waals surface area (Å²) in [5, 5.41) is 0. The predicted molar refractivity (Wildman–Crippen MR) is 124 cm³/mol. The van der Waals surface area contributed by atoms with Gasteiger partial charge in [0.1, 0.15) is 12.1 Å². The molecule has 2 atom stereocenters. The number of carbonyl (C=O) groups excluding carboxylic acids is 4. The molecule has 8 N–H and O–H groups in total.